The van der Waals surface area contributed by atoms with Gasteiger partial charge in [-0.2, -0.15) is 0 Å². The molecule has 3 rings (SSSR count). The second-order valence-electron chi connectivity index (χ2n) is 6.58. The molecule has 2 aromatic rings. The maximum atomic E-state index is 12.3. The maximum absolute atomic E-state index is 12.3. The van der Waals surface area contributed by atoms with Crippen molar-refractivity contribution in [2.24, 2.45) is 5.92 Å². The summed E-state index contributed by atoms with van der Waals surface area (Å²) in [6.07, 6.45) is 0.793. The van der Waals surface area contributed by atoms with Crippen LogP contribution in [0.3, 0.4) is 0 Å². The lowest BCUT2D eigenvalue weighted by Crippen LogP contribution is -2.45. The summed E-state index contributed by atoms with van der Waals surface area (Å²) >= 11 is 0. The number of rotatable bonds is 4. The molecule has 1 aromatic heterocycles. The summed E-state index contributed by atoms with van der Waals surface area (Å²) in [5.74, 6) is -1.28. The van der Waals surface area contributed by atoms with Crippen LogP contribution < -0.4 is 15.5 Å². The summed E-state index contributed by atoms with van der Waals surface area (Å²) in [6, 6.07) is 4.98. The predicted octanol–water partition coefficient (Wildman–Crippen LogP) is 0.777. The lowest BCUT2D eigenvalue weighted by atomic mass is 9.97. The molecule has 0 radical (unpaired) electrons. The standard InChI is InChI=1S/C19H21NO6/c1-11-9-17(22)26-18-12(2)15(4-3-14(11)18)25-10-16(21)20-7-5-13(6-8-20)19(23)24/h3-4,9,13H,5-8,10H2,1-2H3,(H,23,24)/p-1. The van der Waals surface area contributed by atoms with Crippen molar-refractivity contribution in [3.05, 3.63) is 39.7 Å². The van der Waals surface area contributed by atoms with E-state index in [1.165, 1.54) is 6.07 Å². The van der Waals surface area contributed by atoms with Gasteiger partial charge in [0.2, 0.25) is 0 Å². The van der Waals surface area contributed by atoms with Gasteiger partial charge in [0, 0.05) is 42.0 Å². The third-order valence-electron chi connectivity index (χ3n) is 4.85. The van der Waals surface area contributed by atoms with E-state index in [-0.39, 0.29) is 12.5 Å². The van der Waals surface area contributed by atoms with E-state index in [0.717, 1.165) is 10.9 Å². The number of amides is 1. The van der Waals surface area contributed by atoms with E-state index in [1.54, 1.807) is 24.0 Å². The molecule has 2 heterocycles. The lowest BCUT2D eigenvalue weighted by molar-refractivity contribution is -0.312. The first kappa shape index (κ1) is 18.0. The molecule has 1 aromatic carbocycles. The molecule has 1 aliphatic heterocycles. The molecule has 1 saturated heterocycles. The van der Waals surface area contributed by atoms with Gasteiger partial charge in [-0.1, -0.05) is 0 Å². The molecular weight excluding hydrogens is 338 g/mol. The summed E-state index contributed by atoms with van der Waals surface area (Å²) in [5, 5.41) is 11.7. The number of hydrogen-bond acceptors (Lipinski definition) is 6. The number of carbonyl (C=O) groups excluding carboxylic acids is 2. The number of aliphatic carboxylic acids is 1. The molecule has 1 fully saturated rings. The van der Waals surface area contributed by atoms with Gasteiger partial charge >= 0.3 is 5.63 Å². The Morgan fingerprint density at radius 2 is 1.96 bits per heavy atom. The Bertz CT molecular complexity index is 908. The number of ether oxygens (including phenoxy) is 1. The summed E-state index contributed by atoms with van der Waals surface area (Å²) in [7, 11) is 0. The molecule has 0 aliphatic carbocycles. The van der Waals surface area contributed by atoms with E-state index in [1.807, 2.05) is 6.92 Å². The highest BCUT2D eigenvalue weighted by molar-refractivity contribution is 5.85. The number of piperidine rings is 1. The Hall–Kier alpha value is -2.83. The number of carbonyl (C=O) groups is 2. The molecule has 26 heavy (non-hydrogen) atoms. The normalized spacial score (nSPS) is 15.2. The Morgan fingerprint density at radius 3 is 2.62 bits per heavy atom. The zero-order valence-corrected chi connectivity index (χ0v) is 14.7. The lowest BCUT2D eigenvalue weighted by Gasteiger charge is -2.32. The summed E-state index contributed by atoms with van der Waals surface area (Å²) in [5.41, 5.74) is 1.50. The van der Waals surface area contributed by atoms with Gasteiger partial charge in [-0.25, -0.2) is 4.79 Å². The monoisotopic (exact) mass is 358 g/mol. The predicted molar refractivity (Wildman–Crippen MR) is 91.8 cm³/mol. The van der Waals surface area contributed by atoms with Gasteiger partial charge in [-0.05, 0) is 44.4 Å². The first-order valence-corrected chi connectivity index (χ1v) is 8.52. The summed E-state index contributed by atoms with van der Waals surface area (Å²) < 4.78 is 10.9. The zero-order valence-electron chi connectivity index (χ0n) is 14.7. The highest BCUT2D eigenvalue weighted by Gasteiger charge is 2.23. The molecule has 0 atom stereocenters. The molecule has 0 bridgehead atoms. The van der Waals surface area contributed by atoms with Gasteiger partial charge in [-0.15, -0.1) is 0 Å². The second kappa shape index (κ2) is 7.19. The minimum Gasteiger partial charge on any atom is -0.550 e. The number of carboxylic acid groups (broad SMARTS) is 1. The van der Waals surface area contributed by atoms with Gasteiger partial charge in [0.1, 0.15) is 11.3 Å². The van der Waals surface area contributed by atoms with Crippen molar-refractivity contribution in [3.8, 4) is 5.75 Å². The van der Waals surface area contributed by atoms with Crippen LogP contribution in [0, 0.1) is 19.8 Å². The van der Waals surface area contributed by atoms with Crippen molar-refractivity contribution in [1.82, 2.24) is 4.90 Å². The number of nitrogens with zero attached hydrogens (tertiary/aromatic N) is 1. The minimum atomic E-state index is -1.06. The average Bonchev–Trinajstić information content (AvgIpc) is 2.61. The van der Waals surface area contributed by atoms with Crippen LogP contribution in [-0.2, 0) is 9.59 Å². The van der Waals surface area contributed by atoms with Crippen molar-refractivity contribution in [2.45, 2.75) is 26.7 Å². The van der Waals surface area contributed by atoms with Crippen LogP contribution in [0.4, 0.5) is 0 Å². The molecule has 138 valence electrons. The fourth-order valence-corrected chi connectivity index (χ4v) is 3.25. The number of fused-ring (bicyclic) bond motifs is 1. The maximum Gasteiger partial charge on any atom is 0.336 e. The topological polar surface area (TPSA) is 99.9 Å². The fraction of sp³-hybridized carbons (Fsp3) is 0.421. The smallest absolute Gasteiger partial charge is 0.336 e. The third kappa shape index (κ3) is 3.56. The van der Waals surface area contributed by atoms with Crippen LogP contribution in [0.5, 0.6) is 5.75 Å². The average molecular weight is 358 g/mol. The Morgan fingerprint density at radius 1 is 1.27 bits per heavy atom. The number of benzene rings is 1. The number of hydrogen-bond donors (Lipinski definition) is 0. The molecule has 0 spiro atoms. The number of aryl methyl sites for hydroxylation is 2. The fourth-order valence-electron chi connectivity index (χ4n) is 3.25. The Balaban J connectivity index is 1.68. The van der Waals surface area contributed by atoms with Crippen molar-refractivity contribution in [2.75, 3.05) is 19.7 Å². The van der Waals surface area contributed by atoms with E-state index in [4.69, 9.17) is 9.15 Å². The van der Waals surface area contributed by atoms with Gasteiger partial charge in [-0.3, -0.25) is 4.79 Å². The third-order valence-corrected chi connectivity index (χ3v) is 4.85. The van der Waals surface area contributed by atoms with Gasteiger partial charge < -0.3 is 24.0 Å². The van der Waals surface area contributed by atoms with E-state index in [9.17, 15) is 19.5 Å². The van der Waals surface area contributed by atoms with E-state index in [0.29, 0.717) is 42.8 Å². The largest absolute Gasteiger partial charge is 0.550 e. The molecule has 1 aliphatic rings. The first-order chi connectivity index (χ1) is 12.4. The van der Waals surface area contributed by atoms with E-state index in [2.05, 4.69) is 0 Å². The van der Waals surface area contributed by atoms with Crippen LogP contribution >= 0.6 is 0 Å². The van der Waals surface area contributed by atoms with Crippen LogP contribution in [0.1, 0.15) is 24.0 Å². The molecule has 1 amide bonds. The van der Waals surface area contributed by atoms with Crippen molar-refractivity contribution in [1.29, 1.82) is 0 Å². The number of carboxylic acids is 1. The van der Waals surface area contributed by atoms with Gasteiger partial charge in [0.05, 0.1) is 0 Å². The summed E-state index contributed by atoms with van der Waals surface area (Å²) in [6.45, 7) is 4.21. The highest BCUT2D eigenvalue weighted by Crippen LogP contribution is 2.28. The van der Waals surface area contributed by atoms with Crippen LogP contribution in [0.15, 0.2) is 27.4 Å². The molecule has 0 unspecified atom stereocenters. The minimum absolute atomic E-state index is 0.154. The Kier molecular flexibility index (Phi) is 4.97. The van der Waals surface area contributed by atoms with Crippen LogP contribution in [0.2, 0.25) is 0 Å². The number of likely N-dealkylation sites (tertiary alicyclic amines) is 1. The molecule has 0 N–H and O–H groups in total. The second-order valence-corrected chi connectivity index (χ2v) is 6.58. The van der Waals surface area contributed by atoms with Gasteiger partial charge in [0.15, 0.2) is 6.61 Å². The quantitative estimate of drug-likeness (QED) is 0.749. The van der Waals surface area contributed by atoms with E-state index < -0.39 is 17.5 Å². The Labute approximate surface area is 150 Å². The van der Waals surface area contributed by atoms with E-state index >= 15 is 0 Å². The molecular formula is C19H20NO6-. The molecule has 7 nitrogen and oxygen atoms in total. The first-order valence-electron chi connectivity index (χ1n) is 8.52. The SMILES string of the molecule is Cc1cc(=O)oc2c(C)c(OCC(=O)N3CCC(C(=O)[O-])CC3)ccc12. The summed E-state index contributed by atoms with van der Waals surface area (Å²) in [4.78, 5) is 36.4. The van der Waals surface area contributed by atoms with Crippen LogP contribution in [-0.4, -0.2) is 36.5 Å². The van der Waals surface area contributed by atoms with Crippen molar-refractivity contribution < 1.29 is 23.8 Å². The van der Waals surface area contributed by atoms with Gasteiger partial charge in [0.25, 0.3) is 5.91 Å². The molecule has 0 saturated carbocycles. The van der Waals surface area contributed by atoms with Crippen molar-refractivity contribution >= 4 is 22.8 Å². The molecule has 7 heteroatoms. The zero-order chi connectivity index (χ0) is 18.8. The van der Waals surface area contributed by atoms with Crippen LogP contribution in [0.25, 0.3) is 11.0 Å². The highest BCUT2D eigenvalue weighted by atomic mass is 16.5. The van der Waals surface area contributed by atoms with Crippen molar-refractivity contribution in [3.63, 3.8) is 0 Å².